The van der Waals surface area contributed by atoms with Crippen molar-refractivity contribution in [3.63, 3.8) is 0 Å². The van der Waals surface area contributed by atoms with E-state index in [9.17, 15) is 9.18 Å². The van der Waals surface area contributed by atoms with E-state index in [-0.39, 0.29) is 17.5 Å². The molecule has 1 aromatic rings. The Bertz CT molecular complexity index is 398. The zero-order chi connectivity index (χ0) is 11.0. The summed E-state index contributed by atoms with van der Waals surface area (Å²) >= 11 is 0. The Labute approximate surface area is 89.3 Å². The zero-order valence-electron chi connectivity index (χ0n) is 9.09. The Hall–Kier alpha value is -1.18. The molecule has 0 aliphatic heterocycles. The number of fused-ring (bicyclic) bond motifs is 1. The van der Waals surface area contributed by atoms with Crippen LogP contribution in [0.1, 0.15) is 37.3 Å². The van der Waals surface area contributed by atoms with Crippen LogP contribution in [0, 0.1) is 11.7 Å². The Morgan fingerprint density at radius 1 is 1.53 bits per heavy atom. The van der Waals surface area contributed by atoms with Crippen LogP contribution in [0.4, 0.5) is 4.39 Å². The van der Waals surface area contributed by atoms with Crippen molar-refractivity contribution >= 4 is 5.78 Å². The van der Waals surface area contributed by atoms with Gasteiger partial charge in [-0.25, -0.2) is 4.39 Å². The average Bonchev–Trinajstić information content (AvgIpc) is 2.54. The number of carbonyl (C=O) groups is 1. The highest BCUT2D eigenvalue weighted by molar-refractivity contribution is 5.85. The van der Waals surface area contributed by atoms with Crippen LogP contribution < -0.4 is 0 Å². The Morgan fingerprint density at radius 3 is 2.87 bits per heavy atom. The van der Waals surface area contributed by atoms with Crippen molar-refractivity contribution in [2.75, 3.05) is 0 Å². The normalized spacial score (nSPS) is 23.9. The second-order valence-corrected chi connectivity index (χ2v) is 4.30. The lowest BCUT2D eigenvalue weighted by Crippen LogP contribution is -2.14. The summed E-state index contributed by atoms with van der Waals surface area (Å²) < 4.78 is 13.0. The Balaban J connectivity index is 2.44. The smallest absolute Gasteiger partial charge is 0.137 e. The largest absolute Gasteiger partial charge is 0.299 e. The molecule has 2 rings (SSSR count). The summed E-state index contributed by atoms with van der Waals surface area (Å²) in [4.78, 5) is 11.6. The van der Waals surface area contributed by atoms with Crippen LogP contribution >= 0.6 is 0 Å². The molecule has 1 nitrogen and oxygen atoms in total. The van der Waals surface area contributed by atoms with Crippen molar-refractivity contribution in [3.8, 4) is 0 Å². The molecule has 0 N–H and O–H groups in total. The van der Waals surface area contributed by atoms with Gasteiger partial charge in [0.05, 0.1) is 0 Å². The molecular formula is C13H15FO. The molecule has 0 aromatic heterocycles. The quantitative estimate of drug-likeness (QED) is 0.726. The fraction of sp³-hybridized carbons (Fsp3) is 0.462. The van der Waals surface area contributed by atoms with Crippen LogP contribution in [-0.4, -0.2) is 5.78 Å². The van der Waals surface area contributed by atoms with Crippen molar-refractivity contribution in [1.82, 2.24) is 0 Å². The molecule has 0 fully saturated rings. The van der Waals surface area contributed by atoms with Gasteiger partial charge in [-0.3, -0.25) is 4.79 Å². The van der Waals surface area contributed by atoms with E-state index in [1.165, 1.54) is 6.07 Å². The summed E-state index contributed by atoms with van der Waals surface area (Å²) in [5.41, 5.74) is 2.05. The van der Waals surface area contributed by atoms with E-state index in [4.69, 9.17) is 0 Å². The van der Waals surface area contributed by atoms with Gasteiger partial charge in [0.1, 0.15) is 11.6 Å². The van der Waals surface area contributed by atoms with E-state index in [2.05, 4.69) is 6.92 Å². The number of Topliss-reactive ketones (excluding diaryl/α,β-unsaturated/α-hetero) is 1. The third kappa shape index (κ3) is 1.69. The number of benzene rings is 1. The van der Waals surface area contributed by atoms with Crippen LogP contribution in [0.15, 0.2) is 18.2 Å². The maximum atomic E-state index is 13.0. The van der Waals surface area contributed by atoms with E-state index < -0.39 is 0 Å². The molecule has 1 aliphatic carbocycles. The molecule has 1 aromatic carbocycles. The van der Waals surface area contributed by atoms with Gasteiger partial charge in [-0.05, 0) is 42.5 Å². The second-order valence-electron chi connectivity index (χ2n) is 4.30. The van der Waals surface area contributed by atoms with E-state index >= 15 is 0 Å². The minimum atomic E-state index is -0.201. The highest BCUT2D eigenvalue weighted by Gasteiger charge is 2.34. The van der Waals surface area contributed by atoms with Crippen molar-refractivity contribution < 1.29 is 9.18 Å². The topological polar surface area (TPSA) is 17.1 Å². The van der Waals surface area contributed by atoms with E-state index in [1.807, 2.05) is 0 Å². The standard InChI is InChI=1S/C13H15FO/c1-3-9-6-10-7-11(14)4-5-12(10)13(9)8(2)15/h4-5,7,9,13H,3,6H2,1-2H3. The summed E-state index contributed by atoms with van der Waals surface area (Å²) in [7, 11) is 0. The van der Waals surface area contributed by atoms with Crippen molar-refractivity contribution in [3.05, 3.63) is 35.1 Å². The molecule has 0 amide bonds. The van der Waals surface area contributed by atoms with Gasteiger partial charge in [0.25, 0.3) is 0 Å². The van der Waals surface area contributed by atoms with Gasteiger partial charge in [0.2, 0.25) is 0 Å². The maximum absolute atomic E-state index is 13.0. The summed E-state index contributed by atoms with van der Waals surface area (Å²) in [5, 5.41) is 0. The van der Waals surface area contributed by atoms with Gasteiger partial charge >= 0.3 is 0 Å². The molecule has 0 radical (unpaired) electrons. The fourth-order valence-corrected chi connectivity index (χ4v) is 2.64. The van der Waals surface area contributed by atoms with Crippen LogP contribution in [0.5, 0.6) is 0 Å². The lowest BCUT2D eigenvalue weighted by Gasteiger charge is -2.15. The SMILES string of the molecule is CCC1Cc2cc(F)ccc2C1C(C)=O. The number of rotatable bonds is 2. The minimum absolute atomic E-state index is 0.00870. The Morgan fingerprint density at radius 2 is 2.27 bits per heavy atom. The number of ketones is 1. The van der Waals surface area contributed by atoms with Crippen molar-refractivity contribution in [2.45, 2.75) is 32.6 Å². The first-order valence-corrected chi connectivity index (χ1v) is 5.42. The highest BCUT2D eigenvalue weighted by atomic mass is 19.1. The van der Waals surface area contributed by atoms with Crippen LogP contribution in [-0.2, 0) is 11.2 Å². The minimum Gasteiger partial charge on any atom is -0.299 e. The van der Waals surface area contributed by atoms with Crippen molar-refractivity contribution in [1.29, 1.82) is 0 Å². The molecule has 2 unspecified atom stereocenters. The lowest BCUT2D eigenvalue weighted by molar-refractivity contribution is -0.119. The lowest BCUT2D eigenvalue weighted by atomic mass is 9.88. The van der Waals surface area contributed by atoms with Crippen molar-refractivity contribution in [2.24, 2.45) is 5.92 Å². The first kappa shape index (κ1) is 10.3. The summed E-state index contributed by atoms with van der Waals surface area (Å²) in [6.45, 7) is 3.72. The first-order valence-electron chi connectivity index (χ1n) is 5.42. The third-order valence-corrected chi connectivity index (χ3v) is 3.36. The van der Waals surface area contributed by atoms with E-state index in [0.717, 1.165) is 24.0 Å². The molecule has 2 atom stereocenters. The van der Waals surface area contributed by atoms with Gasteiger partial charge < -0.3 is 0 Å². The monoisotopic (exact) mass is 206 g/mol. The molecule has 2 heteroatoms. The highest BCUT2D eigenvalue weighted by Crippen LogP contribution is 2.40. The van der Waals surface area contributed by atoms with Crippen LogP contribution in [0.25, 0.3) is 0 Å². The maximum Gasteiger partial charge on any atom is 0.137 e. The molecule has 0 spiro atoms. The number of hydrogen-bond donors (Lipinski definition) is 0. The molecule has 15 heavy (non-hydrogen) atoms. The second kappa shape index (κ2) is 3.76. The molecular weight excluding hydrogens is 191 g/mol. The Kier molecular flexibility index (Phi) is 2.59. The summed E-state index contributed by atoms with van der Waals surface area (Å²) in [6, 6.07) is 4.79. The van der Waals surface area contributed by atoms with Gasteiger partial charge in [0, 0.05) is 5.92 Å². The van der Waals surface area contributed by atoms with Gasteiger partial charge in [0.15, 0.2) is 0 Å². The predicted molar refractivity (Wildman–Crippen MR) is 57.3 cm³/mol. The van der Waals surface area contributed by atoms with Crippen LogP contribution in [0.2, 0.25) is 0 Å². The summed E-state index contributed by atoms with van der Waals surface area (Å²) in [5.74, 6) is 0.352. The predicted octanol–water partition coefficient (Wildman–Crippen LogP) is 3.08. The number of carbonyl (C=O) groups excluding carboxylic acids is 1. The molecule has 0 heterocycles. The fourth-order valence-electron chi connectivity index (χ4n) is 2.64. The number of hydrogen-bond acceptors (Lipinski definition) is 1. The molecule has 1 aliphatic rings. The average molecular weight is 206 g/mol. The molecule has 80 valence electrons. The van der Waals surface area contributed by atoms with Crippen LogP contribution in [0.3, 0.4) is 0 Å². The van der Waals surface area contributed by atoms with E-state index in [1.54, 1.807) is 19.1 Å². The first-order chi connectivity index (χ1) is 7.13. The molecule has 0 bridgehead atoms. The number of halogens is 1. The molecule has 0 saturated carbocycles. The van der Waals surface area contributed by atoms with Gasteiger partial charge in [-0.1, -0.05) is 19.4 Å². The summed E-state index contributed by atoms with van der Waals surface area (Å²) in [6.07, 6.45) is 1.81. The van der Waals surface area contributed by atoms with E-state index in [0.29, 0.717) is 5.92 Å². The zero-order valence-corrected chi connectivity index (χ0v) is 9.09. The van der Waals surface area contributed by atoms with Gasteiger partial charge in [-0.15, -0.1) is 0 Å². The van der Waals surface area contributed by atoms with Gasteiger partial charge in [-0.2, -0.15) is 0 Å². The third-order valence-electron chi connectivity index (χ3n) is 3.36. The molecule has 0 saturated heterocycles.